The van der Waals surface area contributed by atoms with Gasteiger partial charge in [0, 0.05) is 12.1 Å². The minimum absolute atomic E-state index is 0.0246. The molecule has 0 aromatic heterocycles. The van der Waals surface area contributed by atoms with E-state index in [1.54, 1.807) is 12.1 Å². The molecule has 0 bridgehead atoms. The highest BCUT2D eigenvalue weighted by atomic mass is 35.5. The van der Waals surface area contributed by atoms with Crippen LogP contribution in [0.4, 0.5) is 24.5 Å². The van der Waals surface area contributed by atoms with Gasteiger partial charge in [0.25, 0.3) is 0 Å². The van der Waals surface area contributed by atoms with E-state index >= 15 is 0 Å². The number of nitro groups is 2. The van der Waals surface area contributed by atoms with Gasteiger partial charge in [0.1, 0.15) is 11.5 Å². The Balaban J connectivity index is 0.000000266. The number of hydrogen-bond acceptors (Lipinski definition) is 9. The van der Waals surface area contributed by atoms with E-state index in [9.17, 15) is 43.0 Å². The van der Waals surface area contributed by atoms with Gasteiger partial charge in [-0.3, -0.25) is 20.2 Å². The van der Waals surface area contributed by atoms with Crippen molar-refractivity contribution in [1.29, 1.82) is 0 Å². The summed E-state index contributed by atoms with van der Waals surface area (Å²) in [5, 5.41) is 30.1. The summed E-state index contributed by atoms with van der Waals surface area (Å²) in [5.41, 5.74) is -1.62. The number of carbonyl (C=O) groups is 2. The first-order chi connectivity index (χ1) is 21.6. The highest BCUT2D eigenvalue weighted by Gasteiger charge is 2.31. The van der Waals surface area contributed by atoms with Gasteiger partial charge in [-0.2, -0.15) is 13.2 Å². The third-order valence-electron chi connectivity index (χ3n) is 5.62. The molecule has 4 rings (SSSR count). The lowest BCUT2D eigenvalue weighted by Crippen LogP contribution is -2.23. The first kappa shape index (κ1) is 35.1. The van der Waals surface area contributed by atoms with Crippen molar-refractivity contribution in [3.63, 3.8) is 0 Å². The van der Waals surface area contributed by atoms with Crippen molar-refractivity contribution in [1.82, 2.24) is 0 Å². The van der Waals surface area contributed by atoms with E-state index in [2.05, 4.69) is 0 Å². The zero-order chi connectivity index (χ0) is 34.2. The van der Waals surface area contributed by atoms with Gasteiger partial charge < -0.3 is 19.3 Å². The highest BCUT2D eigenvalue weighted by molar-refractivity contribution is 6.33. The molecular weight excluding hydrogens is 664 g/mol. The number of carbonyl (C=O) groups excluding carboxylic acids is 1. The second kappa shape index (κ2) is 15.0. The summed E-state index contributed by atoms with van der Waals surface area (Å²) in [5.74, 6) is -2.47. The normalized spacial score (nSPS) is 11.3. The molecule has 1 atom stereocenters. The smallest absolute Gasteiger partial charge is 0.416 e. The van der Waals surface area contributed by atoms with Crippen molar-refractivity contribution >= 4 is 46.5 Å². The van der Waals surface area contributed by atoms with Crippen molar-refractivity contribution in [2.24, 2.45) is 0 Å². The van der Waals surface area contributed by atoms with Crippen LogP contribution < -0.4 is 9.47 Å². The lowest BCUT2D eigenvalue weighted by Gasteiger charge is -2.13. The summed E-state index contributed by atoms with van der Waals surface area (Å²) in [7, 11) is 0. The monoisotopic (exact) mass is 682 g/mol. The number of carboxylic acid groups (broad SMARTS) is 1. The van der Waals surface area contributed by atoms with Crippen LogP contribution in [0.1, 0.15) is 22.8 Å². The van der Waals surface area contributed by atoms with Crippen LogP contribution in [0, 0.1) is 20.2 Å². The summed E-state index contributed by atoms with van der Waals surface area (Å²) >= 11 is 11.7. The largest absolute Gasteiger partial charge is 0.479 e. The topological polar surface area (TPSA) is 168 Å². The van der Waals surface area contributed by atoms with E-state index in [0.29, 0.717) is 6.07 Å². The lowest BCUT2D eigenvalue weighted by atomic mass is 10.2. The molecule has 0 radical (unpaired) electrons. The van der Waals surface area contributed by atoms with E-state index in [1.165, 1.54) is 48.5 Å². The van der Waals surface area contributed by atoms with Crippen molar-refractivity contribution in [2.75, 3.05) is 0 Å². The number of rotatable bonds is 9. The predicted molar refractivity (Wildman–Crippen MR) is 157 cm³/mol. The van der Waals surface area contributed by atoms with Crippen LogP contribution in [0.5, 0.6) is 23.0 Å². The van der Waals surface area contributed by atoms with E-state index in [4.69, 9.17) is 42.5 Å². The molecule has 1 N–H and O–H groups in total. The standard InChI is InChI=1S/C17H11Cl2F3O5.C12H8N2O5/c1-8(15(23)24)26-16(25)11-7-10(3-4-12(11)18)27-14-5-2-9(6-13(14)19)17(20,21)22;15-13(16)9-5-1-3-7-11(9)19-12-8-4-2-6-10(12)14(17)18/h2-8H,1H3,(H,23,24);1-8H/t8-;/m0./s1. The van der Waals surface area contributed by atoms with Crippen molar-refractivity contribution in [3.8, 4) is 23.0 Å². The fourth-order valence-corrected chi connectivity index (χ4v) is 3.81. The van der Waals surface area contributed by atoms with Gasteiger partial charge >= 0.3 is 29.5 Å². The molecule has 4 aromatic rings. The molecule has 0 aliphatic carbocycles. The van der Waals surface area contributed by atoms with Gasteiger partial charge in [0.05, 0.1) is 31.0 Å². The van der Waals surface area contributed by atoms with E-state index in [-0.39, 0.29) is 50.0 Å². The molecule has 46 heavy (non-hydrogen) atoms. The fraction of sp³-hybridized carbons (Fsp3) is 0.103. The molecule has 0 amide bonds. The predicted octanol–water partition coefficient (Wildman–Crippen LogP) is 8.73. The van der Waals surface area contributed by atoms with Crippen LogP contribution in [-0.2, 0) is 15.7 Å². The van der Waals surface area contributed by atoms with Gasteiger partial charge in [0.15, 0.2) is 6.10 Å². The first-order valence-electron chi connectivity index (χ1n) is 12.5. The van der Waals surface area contributed by atoms with Crippen LogP contribution in [-0.4, -0.2) is 33.0 Å². The zero-order valence-corrected chi connectivity index (χ0v) is 24.6. The Morgan fingerprint density at radius 3 is 1.80 bits per heavy atom. The van der Waals surface area contributed by atoms with Gasteiger partial charge in [-0.15, -0.1) is 0 Å². The summed E-state index contributed by atoms with van der Waals surface area (Å²) < 4.78 is 53.4. The molecule has 0 saturated carbocycles. The Labute approximate surface area is 266 Å². The average Bonchev–Trinajstić information content (AvgIpc) is 2.99. The summed E-state index contributed by atoms with van der Waals surface area (Å²) in [4.78, 5) is 43.2. The van der Waals surface area contributed by atoms with Crippen molar-refractivity contribution in [3.05, 3.63) is 126 Å². The number of ether oxygens (including phenoxy) is 3. The highest BCUT2D eigenvalue weighted by Crippen LogP contribution is 2.38. The average molecular weight is 683 g/mol. The Kier molecular flexibility index (Phi) is 11.5. The Bertz CT molecular complexity index is 1730. The Hall–Kier alpha value is -5.41. The number of alkyl halides is 3. The van der Waals surface area contributed by atoms with Gasteiger partial charge in [0.2, 0.25) is 11.5 Å². The third kappa shape index (κ3) is 9.30. The van der Waals surface area contributed by atoms with Crippen molar-refractivity contribution < 1.29 is 51.9 Å². The summed E-state index contributed by atoms with van der Waals surface area (Å²) in [6.45, 7) is 1.16. The number of esters is 1. The number of hydrogen-bond donors (Lipinski definition) is 1. The van der Waals surface area contributed by atoms with Gasteiger partial charge in [-0.1, -0.05) is 47.5 Å². The van der Waals surface area contributed by atoms with Gasteiger partial charge in [-0.05, 0) is 55.5 Å². The van der Waals surface area contributed by atoms with Crippen LogP contribution in [0.25, 0.3) is 0 Å². The zero-order valence-electron chi connectivity index (χ0n) is 23.1. The molecule has 4 aromatic carbocycles. The minimum atomic E-state index is -4.56. The van der Waals surface area contributed by atoms with E-state index in [1.807, 2.05) is 0 Å². The second-order valence-electron chi connectivity index (χ2n) is 8.82. The van der Waals surface area contributed by atoms with E-state index in [0.717, 1.165) is 25.1 Å². The Morgan fingerprint density at radius 2 is 1.33 bits per heavy atom. The maximum atomic E-state index is 12.7. The van der Waals surface area contributed by atoms with Crippen LogP contribution in [0.3, 0.4) is 0 Å². The number of para-hydroxylation sites is 4. The molecule has 17 heteroatoms. The van der Waals surface area contributed by atoms with Crippen molar-refractivity contribution in [2.45, 2.75) is 19.2 Å². The number of nitrogens with zero attached hydrogens (tertiary/aromatic N) is 2. The van der Waals surface area contributed by atoms with Crippen LogP contribution >= 0.6 is 23.2 Å². The second-order valence-corrected chi connectivity index (χ2v) is 9.64. The maximum Gasteiger partial charge on any atom is 0.416 e. The molecule has 0 saturated heterocycles. The number of carboxylic acids is 1. The van der Waals surface area contributed by atoms with Crippen LogP contribution in [0.15, 0.2) is 84.9 Å². The molecule has 240 valence electrons. The first-order valence-corrected chi connectivity index (χ1v) is 13.3. The molecular formula is C29H19Cl2F3N2O10. The number of nitro benzene ring substituents is 2. The van der Waals surface area contributed by atoms with Crippen LogP contribution in [0.2, 0.25) is 10.0 Å². The molecule has 0 aliphatic rings. The molecule has 0 heterocycles. The summed E-state index contributed by atoms with van der Waals surface area (Å²) in [6.07, 6.45) is -5.96. The molecule has 12 nitrogen and oxygen atoms in total. The minimum Gasteiger partial charge on any atom is -0.479 e. The maximum absolute atomic E-state index is 12.7. The molecule has 0 spiro atoms. The SMILES string of the molecule is C[C@H](OC(=O)c1cc(Oc2ccc(C(F)(F)F)cc2Cl)ccc1Cl)C(=O)O.O=[N+]([O-])c1ccccc1Oc1ccccc1[N+](=O)[O-]. The number of aliphatic carboxylic acids is 1. The summed E-state index contributed by atoms with van der Waals surface area (Å²) in [6, 6.07) is 17.7. The molecule has 0 unspecified atom stereocenters. The number of halogens is 5. The fourth-order valence-electron chi connectivity index (χ4n) is 3.39. The van der Waals surface area contributed by atoms with E-state index < -0.39 is 39.6 Å². The third-order valence-corrected chi connectivity index (χ3v) is 6.25. The Morgan fingerprint density at radius 1 is 0.783 bits per heavy atom. The van der Waals surface area contributed by atoms with Gasteiger partial charge in [-0.25, -0.2) is 9.59 Å². The molecule has 0 aliphatic heterocycles. The lowest BCUT2D eigenvalue weighted by molar-refractivity contribution is -0.387. The number of benzene rings is 4. The quantitative estimate of drug-likeness (QED) is 0.102. The molecule has 0 fully saturated rings.